The number of benzene rings is 1. The van der Waals surface area contributed by atoms with Gasteiger partial charge < -0.3 is 5.32 Å². The van der Waals surface area contributed by atoms with Gasteiger partial charge in [-0.25, -0.2) is 5.43 Å². The fourth-order valence-corrected chi connectivity index (χ4v) is 1.74. The van der Waals surface area contributed by atoms with E-state index >= 15 is 0 Å². The molecule has 0 atom stereocenters. The zero-order valence-corrected chi connectivity index (χ0v) is 12.7. The summed E-state index contributed by atoms with van der Waals surface area (Å²) in [5.74, 6) is -0.372. The summed E-state index contributed by atoms with van der Waals surface area (Å²) in [6.45, 7) is 4.41. The van der Waals surface area contributed by atoms with Crippen LogP contribution in [0.2, 0.25) is 0 Å². The fourth-order valence-electron chi connectivity index (χ4n) is 1.74. The van der Waals surface area contributed by atoms with Crippen LogP contribution in [0.1, 0.15) is 45.1 Å². The number of rotatable bonds is 8. The fraction of sp³-hybridized carbons (Fsp3) is 0.438. The van der Waals surface area contributed by atoms with Crippen molar-refractivity contribution in [3.63, 3.8) is 0 Å². The van der Waals surface area contributed by atoms with Crippen molar-refractivity contribution in [1.29, 1.82) is 0 Å². The van der Waals surface area contributed by atoms with E-state index in [1.165, 1.54) is 0 Å². The van der Waals surface area contributed by atoms with Crippen molar-refractivity contribution in [1.82, 2.24) is 10.7 Å². The van der Waals surface area contributed by atoms with E-state index in [0.717, 1.165) is 24.1 Å². The molecule has 0 aliphatic rings. The standard InChI is InChI=1S/C16H23N3O2/c1-3-7-13(2)18-19-16(21)11-10-15(20)17-12-14-8-5-4-6-9-14/h4-6,8-9H,3,7,10-12H2,1-2H3,(H,17,20)(H,19,21)/b18-13+. The van der Waals surface area contributed by atoms with Crippen LogP contribution in [0.4, 0.5) is 0 Å². The summed E-state index contributed by atoms with van der Waals surface area (Å²) < 4.78 is 0. The molecule has 0 radical (unpaired) electrons. The van der Waals surface area contributed by atoms with Crippen LogP contribution < -0.4 is 10.7 Å². The molecule has 0 aliphatic carbocycles. The number of hydrogen-bond donors (Lipinski definition) is 2. The van der Waals surface area contributed by atoms with E-state index in [1.54, 1.807) is 0 Å². The van der Waals surface area contributed by atoms with E-state index < -0.39 is 0 Å². The van der Waals surface area contributed by atoms with Gasteiger partial charge in [0.25, 0.3) is 0 Å². The van der Waals surface area contributed by atoms with Crippen molar-refractivity contribution < 1.29 is 9.59 Å². The minimum absolute atomic E-state index is 0.136. The predicted molar refractivity (Wildman–Crippen MR) is 83.7 cm³/mol. The third-order valence-electron chi connectivity index (χ3n) is 2.89. The molecule has 5 heteroatoms. The van der Waals surface area contributed by atoms with E-state index in [2.05, 4.69) is 22.8 Å². The summed E-state index contributed by atoms with van der Waals surface area (Å²) >= 11 is 0. The van der Waals surface area contributed by atoms with Crippen LogP contribution in [-0.2, 0) is 16.1 Å². The van der Waals surface area contributed by atoms with Crippen LogP contribution in [0, 0.1) is 0 Å². The van der Waals surface area contributed by atoms with Crippen LogP contribution >= 0.6 is 0 Å². The Morgan fingerprint density at radius 1 is 1.05 bits per heavy atom. The number of carbonyl (C=O) groups is 2. The molecule has 0 aromatic heterocycles. The van der Waals surface area contributed by atoms with Crippen molar-refractivity contribution in [3.05, 3.63) is 35.9 Å². The number of hydrogen-bond acceptors (Lipinski definition) is 3. The predicted octanol–water partition coefficient (Wildman–Crippen LogP) is 2.38. The molecule has 0 saturated carbocycles. The van der Waals surface area contributed by atoms with Crippen molar-refractivity contribution in [2.75, 3.05) is 0 Å². The summed E-state index contributed by atoms with van der Waals surface area (Å²) in [5, 5.41) is 6.76. The first kappa shape index (κ1) is 16.9. The van der Waals surface area contributed by atoms with Crippen LogP contribution in [0.15, 0.2) is 35.4 Å². The number of amides is 2. The van der Waals surface area contributed by atoms with Gasteiger partial charge in [0.1, 0.15) is 0 Å². The van der Waals surface area contributed by atoms with Crippen molar-refractivity contribution >= 4 is 17.5 Å². The lowest BCUT2D eigenvalue weighted by Gasteiger charge is -2.05. The summed E-state index contributed by atoms with van der Waals surface area (Å²) in [5.41, 5.74) is 4.39. The Hall–Kier alpha value is -2.17. The Morgan fingerprint density at radius 3 is 2.38 bits per heavy atom. The molecule has 2 amide bonds. The van der Waals surface area contributed by atoms with Gasteiger partial charge >= 0.3 is 0 Å². The second kappa shape index (κ2) is 9.69. The van der Waals surface area contributed by atoms with Gasteiger partial charge in [0, 0.05) is 25.1 Å². The average molecular weight is 289 g/mol. The zero-order valence-electron chi connectivity index (χ0n) is 12.7. The van der Waals surface area contributed by atoms with Gasteiger partial charge in [-0.15, -0.1) is 0 Å². The third-order valence-corrected chi connectivity index (χ3v) is 2.89. The highest BCUT2D eigenvalue weighted by Gasteiger charge is 2.06. The number of carbonyl (C=O) groups excluding carboxylic acids is 2. The van der Waals surface area contributed by atoms with E-state index in [0.29, 0.717) is 6.54 Å². The van der Waals surface area contributed by atoms with E-state index in [1.807, 2.05) is 37.3 Å². The van der Waals surface area contributed by atoms with Crippen LogP contribution in [0.3, 0.4) is 0 Å². The molecule has 21 heavy (non-hydrogen) atoms. The zero-order chi connectivity index (χ0) is 15.5. The number of nitrogens with one attached hydrogen (secondary N) is 2. The highest BCUT2D eigenvalue weighted by atomic mass is 16.2. The molecule has 114 valence electrons. The summed E-state index contributed by atoms with van der Waals surface area (Å²) in [6, 6.07) is 9.66. The van der Waals surface area contributed by atoms with Gasteiger partial charge in [-0.1, -0.05) is 43.7 Å². The smallest absolute Gasteiger partial charge is 0.240 e. The first-order chi connectivity index (χ1) is 10.1. The summed E-state index contributed by atoms with van der Waals surface area (Å²) in [7, 11) is 0. The molecule has 0 bridgehead atoms. The minimum atomic E-state index is -0.236. The summed E-state index contributed by atoms with van der Waals surface area (Å²) in [4.78, 5) is 23.2. The molecule has 0 heterocycles. The normalized spacial score (nSPS) is 11.0. The van der Waals surface area contributed by atoms with Crippen molar-refractivity contribution in [2.24, 2.45) is 5.10 Å². The van der Waals surface area contributed by atoms with Gasteiger partial charge in [0.15, 0.2) is 0 Å². The molecule has 0 aliphatic heterocycles. The Morgan fingerprint density at radius 2 is 1.71 bits per heavy atom. The Kier molecular flexibility index (Phi) is 7.79. The third kappa shape index (κ3) is 7.87. The molecular formula is C16H23N3O2. The van der Waals surface area contributed by atoms with Gasteiger partial charge in [-0.3, -0.25) is 9.59 Å². The largest absolute Gasteiger partial charge is 0.352 e. The highest BCUT2D eigenvalue weighted by Crippen LogP contribution is 1.98. The quantitative estimate of drug-likeness (QED) is 0.570. The molecule has 0 unspecified atom stereocenters. The molecule has 0 fully saturated rings. The van der Waals surface area contributed by atoms with Gasteiger partial charge in [-0.2, -0.15) is 5.10 Å². The van der Waals surface area contributed by atoms with Gasteiger partial charge in [0.2, 0.25) is 11.8 Å². The molecule has 5 nitrogen and oxygen atoms in total. The number of nitrogens with zero attached hydrogens (tertiary/aromatic N) is 1. The van der Waals surface area contributed by atoms with Crippen LogP contribution in [0.5, 0.6) is 0 Å². The molecule has 1 rings (SSSR count). The molecule has 0 saturated heterocycles. The Balaban J connectivity index is 2.20. The van der Waals surface area contributed by atoms with Crippen molar-refractivity contribution in [2.45, 2.75) is 46.1 Å². The minimum Gasteiger partial charge on any atom is -0.352 e. The molecular weight excluding hydrogens is 266 g/mol. The van der Waals surface area contributed by atoms with E-state index in [4.69, 9.17) is 0 Å². The van der Waals surface area contributed by atoms with E-state index in [-0.39, 0.29) is 24.7 Å². The topological polar surface area (TPSA) is 70.6 Å². The lowest BCUT2D eigenvalue weighted by molar-refractivity contribution is -0.126. The van der Waals surface area contributed by atoms with Crippen LogP contribution in [0.25, 0.3) is 0 Å². The van der Waals surface area contributed by atoms with E-state index in [9.17, 15) is 9.59 Å². The first-order valence-electron chi connectivity index (χ1n) is 7.24. The molecule has 0 spiro atoms. The monoisotopic (exact) mass is 289 g/mol. The maximum absolute atomic E-state index is 11.6. The summed E-state index contributed by atoms with van der Waals surface area (Å²) in [6.07, 6.45) is 2.16. The Labute approximate surface area is 125 Å². The maximum Gasteiger partial charge on any atom is 0.240 e. The average Bonchev–Trinajstić information content (AvgIpc) is 2.50. The second-order valence-electron chi connectivity index (χ2n) is 4.89. The molecule has 1 aromatic carbocycles. The lowest BCUT2D eigenvalue weighted by atomic mass is 10.2. The van der Waals surface area contributed by atoms with Gasteiger partial charge in [-0.05, 0) is 18.9 Å². The number of hydrazone groups is 1. The van der Waals surface area contributed by atoms with Crippen molar-refractivity contribution in [3.8, 4) is 0 Å². The molecule has 2 N–H and O–H groups in total. The highest BCUT2D eigenvalue weighted by molar-refractivity contribution is 5.86. The first-order valence-corrected chi connectivity index (χ1v) is 7.24. The van der Waals surface area contributed by atoms with Crippen LogP contribution in [-0.4, -0.2) is 17.5 Å². The lowest BCUT2D eigenvalue weighted by Crippen LogP contribution is -2.25. The SMILES string of the molecule is CCC/C(C)=N/NC(=O)CCC(=O)NCc1ccccc1. The second-order valence-corrected chi connectivity index (χ2v) is 4.89. The van der Waals surface area contributed by atoms with Gasteiger partial charge in [0.05, 0.1) is 0 Å². The Bertz CT molecular complexity index is 484. The maximum atomic E-state index is 11.6. The molecule has 1 aromatic rings.